The predicted octanol–water partition coefficient (Wildman–Crippen LogP) is 0.101. The Morgan fingerprint density at radius 1 is 1.18 bits per heavy atom. The van der Waals surface area contributed by atoms with Crippen LogP contribution in [0, 0.1) is 12.8 Å². The molecule has 2 amide bonds. The quantitative estimate of drug-likeness (QED) is 0.583. The second-order valence-corrected chi connectivity index (χ2v) is 8.58. The summed E-state index contributed by atoms with van der Waals surface area (Å²) in [5.41, 5.74) is 0.929. The predicted molar refractivity (Wildman–Crippen MR) is 101 cm³/mol. The molecule has 1 aliphatic rings. The van der Waals surface area contributed by atoms with E-state index in [1.165, 1.54) is 24.0 Å². The summed E-state index contributed by atoms with van der Waals surface area (Å²) >= 11 is 0. The van der Waals surface area contributed by atoms with Crippen LogP contribution in [0.3, 0.4) is 0 Å². The number of piperidine rings is 1. The van der Waals surface area contributed by atoms with Gasteiger partial charge in [0, 0.05) is 19.0 Å². The molecule has 1 heterocycles. The smallest absolute Gasteiger partial charge is 0.322 e. The van der Waals surface area contributed by atoms with E-state index < -0.39 is 28.6 Å². The molecule has 2 rings (SSSR count). The Bertz CT molecular complexity index is 829. The molecular weight excluding hydrogens is 386 g/mol. The maximum Gasteiger partial charge on any atom is 0.322 e. The van der Waals surface area contributed by atoms with Crippen LogP contribution >= 0.6 is 0 Å². The standard InChI is InChI=1S/C18H25N3O6S/c1-12-3-5-15(6-4-12)28(26,27)20-13(2)18(25)21-9-7-14(8-10-21)17(24)19-11-16(22)23/h3-6,13-14,20H,7-11H2,1-2H3,(H,19,24)(H,22,23). The highest BCUT2D eigenvalue weighted by Crippen LogP contribution is 2.18. The molecule has 154 valence electrons. The third kappa shape index (κ3) is 5.77. The minimum atomic E-state index is -3.82. The van der Waals surface area contributed by atoms with Crippen molar-refractivity contribution in [2.75, 3.05) is 19.6 Å². The highest BCUT2D eigenvalue weighted by atomic mass is 32.2. The Kier molecular flexibility index (Phi) is 7.14. The molecular formula is C18H25N3O6S. The Labute approximate surface area is 164 Å². The zero-order valence-corrected chi connectivity index (χ0v) is 16.7. The fourth-order valence-corrected chi connectivity index (χ4v) is 4.21. The van der Waals surface area contributed by atoms with Crippen LogP contribution in [-0.2, 0) is 24.4 Å². The number of carbonyl (C=O) groups excluding carboxylic acids is 2. The molecule has 1 atom stereocenters. The molecule has 0 aliphatic carbocycles. The summed E-state index contributed by atoms with van der Waals surface area (Å²) in [6, 6.07) is 5.39. The van der Waals surface area contributed by atoms with Gasteiger partial charge in [0.25, 0.3) is 0 Å². The monoisotopic (exact) mass is 411 g/mol. The topological polar surface area (TPSA) is 133 Å². The van der Waals surface area contributed by atoms with Crippen LogP contribution in [0.4, 0.5) is 0 Å². The molecule has 3 N–H and O–H groups in total. The van der Waals surface area contributed by atoms with E-state index in [1.807, 2.05) is 6.92 Å². The first-order chi connectivity index (χ1) is 13.1. The van der Waals surface area contributed by atoms with Crippen LogP contribution < -0.4 is 10.0 Å². The van der Waals surface area contributed by atoms with E-state index in [9.17, 15) is 22.8 Å². The number of carboxylic acids is 1. The van der Waals surface area contributed by atoms with E-state index in [2.05, 4.69) is 10.0 Å². The number of carbonyl (C=O) groups is 3. The molecule has 1 aromatic carbocycles. The summed E-state index contributed by atoms with van der Waals surface area (Å²) in [6.45, 7) is 3.51. The average Bonchev–Trinajstić information content (AvgIpc) is 2.65. The average molecular weight is 411 g/mol. The summed E-state index contributed by atoms with van der Waals surface area (Å²) < 4.78 is 27.2. The Balaban J connectivity index is 1.89. The number of carboxylic acid groups (broad SMARTS) is 1. The Morgan fingerprint density at radius 2 is 1.75 bits per heavy atom. The number of amides is 2. The third-order valence-electron chi connectivity index (χ3n) is 4.62. The SMILES string of the molecule is Cc1ccc(S(=O)(=O)NC(C)C(=O)N2CCC(C(=O)NCC(=O)O)CC2)cc1. The van der Waals surface area contributed by atoms with E-state index in [4.69, 9.17) is 5.11 Å². The van der Waals surface area contributed by atoms with Crippen molar-refractivity contribution in [1.29, 1.82) is 0 Å². The van der Waals surface area contributed by atoms with Crippen molar-refractivity contribution in [3.63, 3.8) is 0 Å². The van der Waals surface area contributed by atoms with Gasteiger partial charge in [0.05, 0.1) is 10.9 Å². The van der Waals surface area contributed by atoms with E-state index in [0.29, 0.717) is 25.9 Å². The van der Waals surface area contributed by atoms with E-state index in [-0.39, 0.29) is 22.6 Å². The van der Waals surface area contributed by atoms with Gasteiger partial charge >= 0.3 is 5.97 Å². The maximum atomic E-state index is 12.6. The molecule has 1 aliphatic heterocycles. The van der Waals surface area contributed by atoms with Crippen molar-refractivity contribution < 1.29 is 27.9 Å². The second-order valence-electron chi connectivity index (χ2n) is 6.87. The lowest BCUT2D eigenvalue weighted by Crippen LogP contribution is -2.50. The van der Waals surface area contributed by atoms with E-state index >= 15 is 0 Å². The van der Waals surface area contributed by atoms with Crippen LogP contribution in [0.2, 0.25) is 0 Å². The van der Waals surface area contributed by atoms with Crippen molar-refractivity contribution >= 4 is 27.8 Å². The fourth-order valence-electron chi connectivity index (χ4n) is 3.01. The third-order valence-corrected chi connectivity index (χ3v) is 6.18. The summed E-state index contributed by atoms with van der Waals surface area (Å²) in [5, 5.41) is 10.9. The minimum Gasteiger partial charge on any atom is -0.480 e. The minimum absolute atomic E-state index is 0.0894. The number of hydrogen-bond donors (Lipinski definition) is 3. The lowest BCUT2D eigenvalue weighted by molar-refractivity contribution is -0.139. The van der Waals surface area contributed by atoms with Crippen molar-refractivity contribution in [3.05, 3.63) is 29.8 Å². The number of likely N-dealkylation sites (tertiary alicyclic amines) is 1. The lowest BCUT2D eigenvalue weighted by atomic mass is 9.95. The molecule has 1 aromatic rings. The van der Waals surface area contributed by atoms with Crippen molar-refractivity contribution in [1.82, 2.24) is 14.9 Å². The highest BCUT2D eigenvalue weighted by molar-refractivity contribution is 7.89. The van der Waals surface area contributed by atoms with Crippen LogP contribution in [0.5, 0.6) is 0 Å². The van der Waals surface area contributed by atoms with Gasteiger partial charge in [-0.15, -0.1) is 0 Å². The largest absolute Gasteiger partial charge is 0.480 e. The molecule has 0 aromatic heterocycles. The fraction of sp³-hybridized carbons (Fsp3) is 0.500. The first-order valence-electron chi connectivity index (χ1n) is 8.97. The highest BCUT2D eigenvalue weighted by Gasteiger charge is 2.31. The van der Waals surface area contributed by atoms with Crippen LogP contribution in [-0.4, -0.2) is 61.9 Å². The molecule has 10 heteroatoms. The number of rotatable bonds is 7. The molecule has 0 radical (unpaired) electrons. The molecule has 1 saturated heterocycles. The molecule has 9 nitrogen and oxygen atoms in total. The van der Waals surface area contributed by atoms with Gasteiger partial charge in [-0.05, 0) is 38.8 Å². The summed E-state index contributed by atoms with van der Waals surface area (Å²) in [4.78, 5) is 36.6. The van der Waals surface area contributed by atoms with Gasteiger partial charge in [-0.2, -0.15) is 4.72 Å². The Morgan fingerprint density at radius 3 is 2.29 bits per heavy atom. The molecule has 1 unspecified atom stereocenters. The van der Waals surface area contributed by atoms with Gasteiger partial charge in [0.2, 0.25) is 21.8 Å². The zero-order valence-electron chi connectivity index (χ0n) is 15.8. The van der Waals surface area contributed by atoms with Crippen molar-refractivity contribution in [3.8, 4) is 0 Å². The van der Waals surface area contributed by atoms with Crippen molar-refractivity contribution in [2.24, 2.45) is 5.92 Å². The van der Waals surface area contributed by atoms with Gasteiger partial charge in [-0.25, -0.2) is 8.42 Å². The molecule has 1 fully saturated rings. The number of aliphatic carboxylic acids is 1. The number of hydrogen-bond acceptors (Lipinski definition) is 5. The van der Waals surface area contributed by atoms with Crippen LogP contribution in [0.25, 0.3) is 0 Å². The molecule has 0 spiro atoms. The van der Waals surface area contributed by atoms with E-state index in [1.54, 1.807) is 12.1 Å². The zero-order chi connectivity index (χ0) is 20.9. The number of nitrogens with one attached hydrogen (secondary N) is 2. The number of sulfonamides is 1. The first-order valence-corrected chi connectivity index (χ1v) is 10.5. The van der Waals surface area contributed by atoms with Gasteiger partial charge in [0.15, 0.2) is 0 Å². The van der Waals surface area contributed by atoms with E-state index in [0.717, 1.165) is 5.56 Å². The Hall–Kier alpha value is -2.46. The first kappa shape index (κ1) is 21.8. The van der Waals surface area contributed by atoms with Crippen LogP contribution in [0.1, 0.15) is 25.3 Å². The number of nitrogens with zero attached hydrogens (tertiary/aromatic N) is 1. The summed E-state index contributed by atoms with van der Waals surface area (Å²) in [6.07, 6.45) is 0.795. The second kappa shape index (κ2) is 9.16. The van der Waals surface area contributed by atoms with Crippen LogP contribution in [0.15, 0.2) is 29.2 Å². The lowest BCUT2D eigenvalue weighted by Gasteiger charge is -2.33. The van der Waals surface area contributed by atoms with Gasteiger partial charge in [-0.3, -0.25) is 14.4 Å². The number of aryl methyl sites for hydroxylation is 1. The molecule has 0 saturated carbocycles. The van der Waals surface area contributed by atoms with Gasteiger partial charge in [0.1, 0.15) is 6.54 Å². The molecule has 0 bridgehead atoms. The summed E-state index contributed by atoms with van der Waals surface area (Å²) in [5.74, 6) is -2.18. The molecule has 28 heavy (non-hydrogen) atoms. The number of benzene rings is 1. The van der Waals surface area contributed by atoms with Crippen molar-refractivity contribution in [2.45, 2.75) is 37.6 Å². The van der Waals surface area contributed by atoms with Gasteiger partial charge < -0.3 is 15.3 Å². The van der Waals surface area contributed by atoms with Gasteiger partial charge in [-0.1, -0.05) is 17.7 Å². The maximum absolute atomic E-state index is 12.6. The summed E-state index contributed by atoms with van der Waals surface area (Å²) in [7, 11) is -3.82. The normalized spacial score (nSPS) is 16.4.